The van der Waals surface area contributed by atoms with Gasteiger partial charge in [-0.25, -0.2) is 0 Å². The van der Waals surface area contributed by atoms with Gasteiger partial charge >= 0.3 is 0 Å². The number of aliphatic hydroxyl groups excluding tert-OH is 1. The average Bonchev–Trinajstić information content (AvgIpc) is 2.83. The first kappa shape index (κ1) is 10.4. The first-order valence-electron chi connectivity index (χ1n) is 5.96. The molecule has 2 fully saturated rings. The van der Waals surface area contributed by atoms with E-state index in [1.165, 1.54) is 38.8 Å². The number of hydrogen-bond donors (Lipinski definition) is 2. The highest BCUT2D eigenvalue weighted by atomic mass is 16.3. The lowest BCUT2D eigenvalue weighted by molar-refractivity contribution is 0.123. The minimum atomic E-state index is -0.174. The summed E-state index contributed by atoms with van der Waals surface area (Å²) >= 11 is 0. The van der Waals surface area contributed by atoms with E-state index < -0.39 is 0 Å². The topological polar surface area (TPSA) is 35.5 Å². The Morgan fingerprint density at radius 3 is 2.64 bits per heavy atom. The van der Waals surface area contributed by atoms with Gasteiger partial charge in [-0.2, -0.15) is 0 Å². The molecule has 14 heavy (non-hydrogen) atoms. The van der Waals surface area contributed by atoms with E-state index in [1.54, 1.807) is 0 Å². The average molecular weight is 198 g/mol. The van der Waals surface area contributed by atoms with Crippen LogP contribution in [0.5, 0.6) is 0 Å². The lowest BCUT2D eigenvalue weighted by Gasteiger charge is -2.19. The Balaban J connectivity index is 1.50. The van der Waals surface area contributed by atoms with Gasteiger partial charge < -0.3 is 15.3 Å². The minimum Gasteiger partial charge on any atom is -0.390 e. The van der Waals surface area contributed by atoms with E-state index in [9.17, 15) is 5.11 Å². The summed E-state index contributed by atoms with van der Waals surface area (Å²) in [5.41, 5.74) is 0. The normalized spacial score (nSPS) is 25.5. The zero-order chi connectivity index (χ0) is 9.80. The number of rotatable bonds is 6. The van der Waals surface area contributed by atoms with Crippen molar-refractivity contribution in [3.8, 4) is 0 Å². The Morgan fingerprint density at radius 2 is 2.00 bits per heavy atom. The van der Waals surface area contributed by atoms with Gasteiger partial charge in [-0.1, -0.05) is 0 Å². The molecule has 1 saturated heterocycles. The van der Waals surface area contributed by atoms with Crippen molar-refractivity contribution in [2.75, 3.05) is 32.7 Å². The molecular weight excluding hydrogens is 176 g/mol. The third kappa shape index (κ3) is 3.56. The van der Waals surface area contributed by atoms with Gasteiger partial charge in [0.25, 0.3) is 0 Å². The zero-order valence-electron chi connectivity index (χ0n) is 8.91. The van der Waals surface area contributed by atoms with Crippen LogP contribution in [0.25, 0.3) is 0 Å². The van der Waals surface area contributed by atoms with Gasteiger partial charge in [-0.05, 0) is 51.2 Å². The van der Waals surface area contributed by atoms with Gasteiger partial charge in [0, 0.05) is 13.1 Å². The zero-order valence-corrected chi connectivity index (χ0v) is 8.91. The highest BCUT2D eigenvalue weighted by Gasteiger charge is 2.21. The second-order valence-corrected chi connectivity index (χ2v) is 4.76. The molecule has 2 N–H and O–H groups in total. The van der Waals surface area contributed by atoms with E-state index >= 15 is 0 Å². The molecule has 0 spiro atoms. The van der Waals surface area contributed by atoms with Crippen LogP contribution in [0.4, 0.5) is 0 Å². The summed E-state index contributed by atoms with van der Waals surface area (Å²) in [6, 6.07) is 0. The largest absolute Gasteiger partial charge is 0.390 e. The van der Waals surface area contributed by atoms with Crippen molar-refractivity contribution < 1.29 is 5.11 Å². The molecule has 2 aliphatic rings. The smallest absolute Gasteiger partial charge is 0.0791 e. The number of nitrogens with zero attached hydrogens (tertiary/aromatic N) is 1. The highest BCUT2D eigenvalue weighted by molar-refractivity contribution is 4.77. The quantitative estimate of drug-likeness (QED) is 0.650. The molecule has 1 heterocycles. The molecule has 0 amide bonds. The fourth-order valence-electron chi connectivity index (χ4n) is 2.10. The van der Waals surface area contributed by atoms with Crippen molar-refractivity contribution in [3.63, 3.8) is 0 Å². The van der Waals surface area contributed by atoms with Crippen LogP contribution in [0, 0.1) is 5.92 Å². The number of β-amino-alcohol motifs (C(OH)–C–C–N with tert-alkyl or cyclic N) is 1. The molecule has 3 nitrogen and oxygen atoms in total. The molecule has 1 unspecified atom stereocenters. The molecule has 0 aromatic carbocycles. The molecule has 1 aliphatic carbocycles. The van der Waals surface area contributed by atoms with Crippen LogP contribution in [0.15, 0.2) is 0 Å². The van der Waals surface area contributed by atoms with Crippen LogP contribution in [0.3, 0.4) is 0 Å². The lowest BCUT2D eigenvalue weighted by atomic mass is 10.3. The first-order valence-corrected chi connectivity index (χ1v) is 5.96. The van der Waals surface area contributed by atoms with E-state index in [-0.39, 0.29) is 6.10 Å². The Hall–Kier alpha value is -0.120. The standard InChI is InChI=1S/C11H22N2O/c14-11(8-12-7-10-3-4-10)9-13-5-1-2-6-13/h10-12,14H,1-9H2. The summed E-state index contributed by atoms with van der Waals surface area (Å²) in [6.45, 7) is 5.10. The lowest BCUT2D eigenvalue weighted by Crippen LogP contribution is -2.37. The second-order valence-electron chi connectivity index (χ2n) is 4.76. The monoisotopic (exact) mass is 198 g/mol. The van der Waals surface area contributed by atoms with Crippen molar-refractivity contribution in [2.45, 2.75) is 31.8 Å². The van der Waals surface area contributed by atoms with Crippen molar-refractivity contribution >= 4 is 0 Å². The minimum absolute atomic E-state index is 0.174. The molecule has 2 rings (SSSR count). The van der Waals surface area contributed by atoms with Crippen LogP contribution in [-0.2, 0) is 0 Å². The molecule has 1 saturated carbocycles. The summed E-state index contributed by atoms with van der Waals surface area (Å²) in [4.78, 5) is 2.36. The summed E-state index contributed by atoms with van der Waals surface area (Å²) < 4.78 is 0. The molecule has 0 aromatic heterocycles. The van der Waals surface area contributed by atoms with Gasteiger partial charge in [0.2, 0.25) is 0 Å². The number of aliphatic hydroxyl groups is 1. The number of likely N-dealkylation sites (tertiary alicyclic amines) is 1. The molecular formula is C11H22N2O. The Bertz CT molecular complexity index is 165. The molecule has 82 valence electrons. The van der Waals surface area contributed by atoms with Crippen LogP contribution in [-0.4, -0.2) is 48.8 Å². The molecule has 0 radical (unpaired) electrons. The SMILES string of the molecule is OC(CNCC1CC1)CN1CCCC1. The fraction of sp³-hybridized carbons (Fsp3) is 1.00. The maximum atomic E-state index is 9.74. The van der Waals surface area contributed by atoms with E-state index in [0.29, 0.717) is 0 Å². The van der Waals surface area contributed by atoms with E-state index in [4.69, 9.17) is 0 Å². The van der Waals surface area contributed by atoms with Crippen molar-refractivity contribution in [2.24, 2.45) is 5.92 Å². The molecule has 1 aliphatic heterocycles. The summed E-state index contributed by atoms with van der Waals surface area (Å²) in [5, 5.41) is 13.1. The van der Waals surface area contributed by atoms with Gasteiger partial charge in [-0.15, -0.1) is 0 Å². The number of hydrogen-bond acceptors (Lipinski definition) is 3. The van der Waals surface area contributed by atoms with Gasteiger partial charge in [0.15, 0.2) is 0 Å². The third-order valence-corrected chi connectivity index (χ3v) is 3.18. The summed E-state index contributed by atoms with van der Waals surface area (Å²) in [7, 11) is 0. The van der Waals surface area contributed by atoms with Crippen molar-refractivity contribution in [1.29, 1.82) is 0 Å². The maximum absolute atomic E-state index is 9.74. The maximum Gasteiger partial charge on any atom is 0.0791 e. The van der Waals surface area contributed by atoms with Crippen molar-refractivity contribution in [1.82, 2.24) is 10.2 Å². The molecule has 0 bridgehead atoms. The summed E-state index contributed by atoms with van der Waals surface area (Å²) in [6.07, 6.45) is 5.21. The van der Waals surface area contributed by atoms with Crippen LogP contribution in [0.2, 0.25) is 0 Å². The Kier molecular flexibility index (Phi) is 3.79. The first-order chi connectivity index (χ1) is 6.84. The number of nitrogens with one attached hydrogen (secondary N) is 1. The highest BCUT2D eigenvalue weighted by Crippen LogP contribution is 2.27. The molecule has 0 aromatic rings. The third-order valence-electron chi connectivity index (χ3n) is 3.18. The van der Waals surface area contributed by atoms with E-state index in [1.807, 2.05) is 0 Å². The van der Waals surface area contributed by atoms with Crippen molar-refractivity contribution in [3.05, 3.63) is 0 Å². The second kappa shape index (κ2) is 5.10. The van der Waals surface area contributed by atoms with Gasteiger partial charge in [-0.3, -0.25) is 0 Å². The Morgan fingerprint density at radius 1 is 1.29 bits per heavy atom. The van der Waals surface area contributed by atoms with Crippen LogP contribution in [0.1, 0.15) is 25.7 Å². The van der Waals surface area contributed by atoms with Crippen LogP contribution < -0.4 is 5.32 Å². The molecule has 1 atom stereocenters. The Labute approximate surface area is 86.5 Å². The van der Waals surface area contributed by atoms with Gasteiger partial charge in [0.1, 0.15) is 0 Å². The fourth-order valence-corrected chi connectivity index (χ4v) is 2.10. The van der Waals surface area contributed by atoms with Crippen LogP contribution >= 0.6 is 0 Å². The predicted molar refractivity (Wildman–Crippen MR) is 57.3 cm³/mol. The predicted octanol–water partition coefficient (Wildman–Crippen LogP) is 0.443. The van der Waals surface area contributed by atoms with E-state index in [0.717, 1.165) is 25.6 Å². The summed E-state index contributed by atoms with van der Waals surface area (Å²) in [5.74, 6) is 0.911. The molecule has 3 heteroatoms. The van der Waals surface area contributed by atoms with Gasteiger partial charge in [0.05, 0.1) is 6.10 Å². The van der Waals surface area contributed by atoms with E-state index in [2.05, 4.69) is 10.2 Å².